The molecule has 7 heteroatoms. The summed E-state index contributed by atoms with van der Waals surface area (Å²) < 4.78 is 28.1. The molecule has 2 aromatic carbocycles. The van der Waals surface area contributed by atoms with Gasteiger partial charge in [-0.15, -0.1) is 0 Å². The SMILES string of the molecule is Cc1ccc(CNC(=O)[C@@H]2CCCN(S(=O)(=O)c3cccc4cccnc34)C2)cc1. The first-order chi connectivity index (χ1) is 14.4. The number of para-hydroxylation sites is 1. The van der Waals surface area contributed by atoms with Gasteiger partial charge in [-0.2, -0.15) is 4.31 Å². The third-order valence-electron chi connectivity index (χ3n) is 5.56. The Hall–Kier alpha value is -2.77. The molecular weight excluding hydrogens is 398 g/mol. The van der Waals surface area contributed by atoms with Crippen molar-refractivity contribution in [2.75, 3.05) is 13.1 Å². The summed E-state index contributed by atoms with van der Waals surface area (Å²) in [4.78, 5) is 17.2. The third kappa shape index (κ3) is 4.22. The van der Waals surface area contributed by atoms with Gasteiger partial charge in [-0.1, -0.05) is 48.0 Å². The number of carbonyl (C=O) groups is 1. The molecule has 1 aromatic heterocycles. The van der Waals surface area contributed by atoms with Gasteiger partial charge in [0.25, 0.3) is 0 Å². The van der Waals surface area contributed by atoms with Gasteiger partial charge in [0.2, 0.25) is 15.9 Å². The molecule has 0 unspecified atom stereocenters. The summed E-state index contributed by atoms with van der Waals surface area (Å²) in [6.07, 6.45) is 2.93. The summed E-state index contributed by atoms with van der Waals surface area (Å²) >= 11 is 0. The van der Waals surface area contributed by atoms with E-state index in [4.69, 9.17) is 0 Å². The van der Waals surface area contributed by atoms with Crippen LogP contribution >= 0.6 is 0 Å². The fourth-order valence-electron chi connectivity index (χ4n) is 3.84. The maximum atomic E-state index is 13.3. The van der Waals surface area contributed by atoms with E-state index in [0.717, 1.165) is 10.9 Å². The van der Waals surface area contributed by atoms with Crippen molar-refractivity contribution in [1.29, 1.82) is 0 Å². The molecule has 3 aromatic rings. The van der Waals surface area contributed by atoms with Crippen LogP contribution < -0.4 is 5.32 Å². The maximum absolute atomic E-state index is 13.3. The fourth-order valence-corrected chi connectivity index (χ4v) is 5.53. The number of amides is 1. The van der Waals surface area contributed by atoms with Crippen molar-refractivity contribution in [2.24, 2.45) is 5.92 Å². The topological polar surface area (TPSA) is 79.4 Å². The average molecular weight is 424 g/mol. The molecule has 2 heterocycles. The van der Waals surface area contributed by atoms with Crippen molar-refractivity contribution >= 4 is 26.8 Å². The highest BCUT2D eigenvalue weighted by molar-refractivity contribution is 7.89. The number of rotatable bonds is 5. The number of hydrogen-bond acceptors (Lipinski definition) is 4. The summed E-state index contributed by atoms with van der Waals surface area (Å²) in [7, 11) is -3.74. The zero-order chi connectivity index (χ0) is 21.1. The summed E-state index contributed by atoms with van der Waals surface area (Å²) in [6, 6.07) is 16.8. The summed E-state index contributed by atoms with van der Waals surface area (Å²) in [5.74, 6) is -0.464. The number of pyridine rings is 1. The second kappa shape index (κ2) is 8.53. The monoisotopic (exact) mass is 423 g/mol. The van der Waals surface area contributed by atoms with Gasteiger partial charge in [-0.05, 0) is 37.5 Å². The number of fused-ring (bicyclic) bond motifs is 1. The third-order valence-corrected chi connectivity index (χ3v) is 7.45. The molecule has 4 rings (SSSR count). The Bertz CT molecular complexity index is 1150. The molecule has 6 nitrogen and oxygen atoms in total. The standard InChI is InChI=1S/C23H25N3O3S/c1-17-9-11-18(12-10-17)15-25-23(27)20-7-4-14-26(16-20)30(28,29)21-8-2-5-19-6-3-13-24-22(19)21/h2-3,5-6,8-13,20H,4,7,14-16H2,1H3,(H,25,27)/t20-/m1/s1. The van der Waals surface area contributed by atoms with E-state index in [1.807, 2.05) is 43.3 Å². The molecule has 0 saturated carbocycles. The van der Waals surface area contributed by atoms with Crippen molar-refractivity contribution in [2.45, 2.75) is 31.2 Å². The quantitative estimate of drug-likeness (QED) is 0.683. The van der Waals surface area contributed by atoms with Gasteiger partial charge in [-0.25, -0.2) is 8.42 Å². The molecule has 1 aliphatic rings. The number of nitrogens with zero attached hydrogens (tertiary/aromatic N) is 2. The van der Waals surface area contributed by atoms with E-state index in [1.165, 1.54) is 9.87 Å². The molecule has 0 radical (unpaired) electrons. The van der Waals surface area contributed by atoms with Crippen LogP contribution in [0.2, 0.25) is 0 Å². The number of benzene rings is 2. The van der Waals surface area contributed by atoms with Gasteiger partial charge in [0.1, 0.15) is 4.90 Å². The molecule has 0 spiro atoms. The summed E-state index contributed by atoms with van der Waals surface area (Å²) in [6.45, 7) is 3.05. The van der Waals surface area contributed by atoms with Crippen molar-refractivity contribution in [1.82, 2.24) is 14.6 Å². The van der Waals surface area contributed by atoms with E-state index in [1.54, 1.807) is 24.4 Å². The van der Waals surface area contributed by atoms with E-state index < -0.39 is 10.0 Å². The van der Waals surface area contributed by atoms with Gasteiger partial charge >= 0.3 is 0 Å². The van der Waals surface area contributed by atoms with Crippen LogP contribution in [0.1, 0.15) is 24.0 Å². The lowest BCUT2D eigenvalue weighted by atomic mass is 9.98. The van der Waals surface area contributed by atoms with Gasteiger partial charge in [0.15, 0.2) is 0 Å². The zero-order valence-corrected chi connectivity index (χ0v) is 17.7. The normalized spacial score (nSPS) is 17.7. The molecule has 1 N–H and O–H groups in total. The van der Waals surface area contributed by atoms with E-state index in [0.29, 0.717) is 31.4 Å². The highest BCUT2D eigenvalue weighted by atomic mass is 32.2. The number of piperidine rings is 1. The molecule has 1 amide bonds. The number of aryl methyl sites for hydroxylation is 1. The van der Waals surface area contributed by atoms with E-state index in [2.05, 4.69) is 10.3 Å². The van der Waals surface area contributed by atoms with Crippen LogP contribution in [0.15, 0.2) is 65.7 Å². The van der Waals surface area contributed by atoms with Crippen LogP contribution in [-0.2, 0) is 21.4 Å². The molecule has 30 heavy (non-hydrogen) atoms. The lowest BCUT2D eigenvalue weighted by Crippen LogP contribution is -2.45. The largest absolute Gasteiger partial charge is 0.352 e. The van der Waals surface area contributed by atoms with Gasteiger partial charge in [0.05, 0.1) is 11.4 Å². The van der Waals surface area contributed by atoms with Crippen LogP contribution in [0, 0.1) is 12.8 Å². The molecule has 1 fully saturated rings. The van der Waals surface area contributed by atoms with E-state index >= 15 is 0 Å². The summed E-state index contributed by atoms with van der Waals surface area (Å²) in [5.41, 5.74) is 2.66. The van der Waals surface area contributed by atoms with E-state index in [9.17, 15) is 13.2 Å². The first-order valence-corrected chi connectivity index (χ1v) is 11.6. The smallest absolute Gasteiger partial charge is 0.245 e. The second-order valence-corrected chi connectivity index (χ2v) is 9.64. The lowest BCUT2D eigenvalue weighted by molar-refractivity contribution is -0.126. The Morgan fingerprint density at radius 1 is 1.13 bits per heavy atom. The number of aromatic nitrogens is 1. The molecule has 0 aliphatic carbocycles. The number of sulfonamides is 1. The predicted octanol–water partition coefficient (Wildman–Crippen LogP) is 3.26. The number of carbonyl (C=O) groups excluding carboxylic acids is 1. The Labute approximate surface area is 177 Å². The molecule has 0 bridgehead atoms. The molecule has 1 atom stereocenters. The van der Waals surface area contributed by atoms with Crippen molar-refractivity contribution in [3.05, 3.63) is 71.9 Å². The summed E-state index contributed by atoms with van der Waals surface area (Å²) in [5, 5.41) is 3.74. The minimum Gasteiger partial charge on any atom is -0.352 e. The minimum absolute atomic E-state index is 0.105. The van der Waals surface area contributed by atoms with Crippen LogP contribution in [0.3, 0.4) is 0 Å². The Kier molecular flexibility index (Phi) is 5.83. The van der Waals surface area contributed by atoms with Crippen molar-refractivity contribution in [3.8, 4) is 0 Å². The number of hydrogen-bond donors (Lipinski definition) is 1. The lowest BCUT2D eigenvalue weighted by Gasteiger charge is -2.31. The van der Waals surface area contributed by atoms with Crippen LogP contribution in [-0.4, -0.2) is 36.7 Å². The molecule has 1 aliphatic heterocycles. The van der Waals surface area contributed by atoms with Crippen molar-refractivity contribution < 1.29 is 13.2 Å². The minimum atomic E-state index is -3.74. The van der Waals surface area contributed by atoms with Crippen molar-refractivity contribution in [3.63, 3.8) is 0 Å². The molecule has 1 saturated heterocycles. The van der Waals surface area contributed by atoms with Crippen LogP contribution in [0.5, 0.6) is 0 Å². The first kappa shape index (κ1) is 20.5. The van der Waals surface area contributed by atoms with Crippen LogP contribution in [0.4, 0.5) is 0 Å². The van der Waals surface area contributed by atoms with Gasteiger partial charge < -0.3 is 5.32 Å². The maximum Gasteiger partial charge on any atom is 0.245 e. The van der Waals surface area contributed by atoms with Gasteiger partial charge in [-0.3, -0.25) is 9.78 Å². The average Bonchev–Trinajstić information content (AvgIpc) is 2.78. The predicted molar refractivity (Wildman–Crippen MR) is 116 cm³/mol. The highest BCUT2D eigenvalue weighted by Crippen LogP contribution is 2.28. The Balaban J connectivity index is 1.48. The Morgan fingerprint density at radius 3 is 2.70 bits per heavy atom. The zero-order valence-electron chi connectivity index (χ0n) is 16.9. The van der Waals surface area contributed by atoms with E-state index in [-0.39, 0.29) is 23.3 Å². The number of nitrogens with one attached hydrogen (secondary N) is 1. The fraction of sp³-hybridized carbons (Fsp3) is 0.304. The molecular formula is C23H25N3O3S. The van der Waals surface area contributed by atoms with Gasteiger partial charge in [0, 0.05) is 31.2 Å². The Morgan fingerprint density at radius 2 is 1.90 bits per heavy atom. The first-order valence-electron chi connectivity index (χ1n) is 10.1. The highest BCUT2D eigenvalue weighted by Gasteiger charge is 2.34. The molecule has 156 valence electrons. The van der Waals surface area contributed by atoms with Crippen LogP contribution in [0.25, 0.3) is 10.9 Å². The second-order valence-electron chi connectivity index (χ2n) is 7.74.